The number of nitrogens with one attached hydrogen (secondary N) is 1. The second kappa shape index (κ2) is 4.78. The number of thiocarbonyl (C=S) groups is 1. The molecule has 0 aliphatic carbocycles. The number of esters is 1. The Hall–Kier alpha value is -1.17. The van der Waals surface area contributed by atoms with E-state index in [1.165, 1.54) is 0 Å². The van der Waals surface area contributed by atoms with Crippen molar-refractivity contribution in [2.24, 2.45) is 16.8 Å². The predicted molar refractivity (Wildman–Crippen MR) is 65.9 cm³/mol. The normalized spacial score (nSPS) is 24.1. The van der Waals surface area contributed by atoms with E-state index in [4.69, 9.17) is 10.5 Å². The number of carbonyl (C=O) groups is 1. The number of hydrogen-bond donors (Lipinski definition) is 2. The summed E-state index contributed by atoms with van der Waals surface area (Å²) in [5.74, 6) is -0.276. The molecule has 1 aliphatic heterocycles. The molecule has 3 N–H and O–H groups in total. The Balaban J connectivity index is 2.52. The summed E-state index contributed by atoms with van der Waals surface area (Å²) in [5.41, 5.74) is 8.16. The van der Waals surface area contributed by atoms with Gasteiger partial charge in [0.25, 0.3) is 0 Å². The standard InChI is InChI=1S/C10H17N3O2S/c1-6(12-13-9(11)16)4-7-5-10(2,3)15-8(7)14/h7H,4-5H2,1-3H3,(H3,11,13,16)/b12-6-/t7-/m0/s1. The van der Waals surface area contributed by atoms with E-state index in [1.807, 2.05) is 20.8 Å². The van der Waals surface area contributed by atoms with Crippen molar-refractivity contribution in [2.75, 3.05) is 0 Å². The summed E-state index contributed by atoms with van der Waals surface area (Å²) in [6.07, 6.45) is 1.28. The minimum Gasteiger partial charge on any atom is -0.459 e. The molecule has 0 amide bonds. The van der Waals surface area contributed by atoms with E-state index in [0.717, 1.165) is 5.71 Å². The summed E-state index contributed by atoms with van der Waals surface area (Å²) in [6.45, 7) is 5.64. The molecule has 0 aromatic carbocycles. The Morgan fingerprint density at radius 2 is 2.38 bits per heavy atom. The summed E-state index contributed by atoms with van der Waals surface area (Å²) < 4.78 is 5.22. The first-order valence-electron chi connectivity index (χ1n) is 5.11. The monoisotopic (exact) mass is 243 g/mol. The molecule has 1 saturated heterocycles. The van der Waals surface area contributed by atoms with Crippen molar-refractivity contribution in [3.05, 3.63) is 0 Å². The average Bonchev–Trinajstić information content (AvgIpc) is 2.36. The summed E-state index contributed by atoms with van der Waals surface area (Å²) in [4.78, 5) is 11.5. The van der Waals surface area contributed by atoms with E-state index < -0.39 is 0 Å². The predicted octanol–water partition coefficient (Wildman–Crippen LogP) is 0.927. The number of hydrazone groups is 1. The third kappa shape index (κ3) is 3.77. The molecule has 0 spiro atoms. The second-order valence-electron chi connectivity index (χ2n) is 4.61. The maximum Gasteiger partial charge on any atom is 0.310 e. The zero-order chi connectivity index (χ0) is 12.3. The van der Waals surface area contributed by atoms with Gasteiger partial charge in [-0.15, -0.1) is 0 Å². The maximum atomic E-state index is 11.5. The molecule has 0 aromatic rings. The van der Waals surface area contributed by atoms with Gasteiger partial charge in [-0.2, -0.15) is 5.10 Å². The molecule has 1 heterocycles. The number of rotatable bonds is 3. The number of nitrogens with two attached hydrogens (primary N) is 1. The Labute approximate surface area is 100 Å². The van der Waals surface area contributed by atoms with E-state index in [0.29, 0.717) is 12.8 Å². The van der Waals surface area contributed by atoms with Gasteiger partial charge in [-0.25, -0.2) is 0 Å². The van der Waals surface area contributed by atoms with Crippen molar-refractivity contribution in [3.63, 3.8) is 0 Å². The Morgan fingerprint density at radius 1 is 1.75 bits per heavy atom. The SMILES string of the molecule is C/C(C[C@H]1CC(C)(C)OC1=O)=N/NC(N)=S. The first-order chi connectivity index (χ1) is 7.30. The molecule has 16 heavy (non-hydrogen) atoms. The van der Waals surface area contributed by atoms with Crippen LogP contribution in [0.25, 0.3) is 0 Å². The molecule has 1 atom stereocenters. The van der Waals surface area contributed by atoms with Crippen LogP contribution in [0.2, 0.25) is 0 Å². The van der Waals surface area contributed by atoms with E-state index in [1.54, 1.807) is 0 Å². The van der Waals surface area contributed by atoms with Crippen LogP contribution in [0.1, 0.15) is 33.6 Å². The molecule has 0 saturated carbocycles. The lowest BCUT2D eigenvalue weighted by atomic mass is 9.93. The largest absolute Gasteiger partial charge is 0.459 e. The first kappa shape index (κ1) is 12.9. The van der Waals surface area contributed by atoms with Gasteiger partial charge in [0.15, 0.2) is 5.11 Å². The van der Waals surface area contributed by atoms with E-state index in [2.05, 4.69) is 22.7 Å². The third-order valence-corrected chi connectivity index (χ3v) is 2.44. The fourth-order valence-electron chi connectivity index (χ4n) is 1.78. The third-order valence-electron chi connectivity index (χ3n) is 2.35. The van der Waals surface area contributed by atoms with Crippen LogP contribution in [0.15, 0.2) is 5.10 Å². The highest BCUT2D eigenvalue weighted by molar-refractivity contribution is 7.80. The van der Waals surface area contributed by atoms with Gasteiger partial charge in [-0.1, -0.05) is 0 Å². The molecule has 0 aromatic heterocycles. The molecule has 0 radical (unpaired) electrons. The number of nitrogens with zero attached hydrogens (tertiary/aromatic N) is 1. The molecule has 1 rings (SSSR count). The van der Waals surface area contributed by atoms with Crippen LogP contribution in [-0.4, -0.2) is 22.4 Å². The minimum atomic E-state index is -0.362. The lowest BCUT2D eigenvalue weighted by Gasteiger charge is -2.14. The molecular formula is C10H17N3O2S. The first-order valence-corrected chi connectivity index (χ1v) is 5.52. The van der Waals surface area contributed by atoms with Gasteiger partial charge in [0, 0.05) is 18.6 Å². The van der Waals surface area contributed by atoms with Crippen LogP contribution >= 0.6 is 12.2 Å². The summed E-state index contributed by atoms with van der Waals surface area (Å²) >= 11 is 4.62. The molecule has 90 valence electrons. The van der Waals surface area contributed by atoms with Gasteiger partial charge >= 0.3 is 5.97 Å². The zero-order valence-corrected chi connectivity index (χ0v) is 10.6. The highest BCUT2D eigenvalue weighted by Crippen LogP contribution is 2.32. The summed E-state index contributed by atoms with van der Waals surface area (Å²) in [5, 5.41) is 4.08. The van der Waals surface area contributed by atoms with Crippen molar-refractivity contribution in [3.8, 4) is 0 Å². The molecule has 6 heteroatoms. The molecule has 0 unspecified atom stereocenters. The molecule has 0 bridgehead atoms. The fraction of sp³-hybridized carbons (Fsp3) is 0.700. The van der Waals surface area contributed by atoms with Crippen LogP contribution in [0, 0.1) is 5.92 Å². The number of ether oxygens (including phenoxy) is 1. The highest BCUT2D eigenvalue weighted by atomic mass is 32.1. The number of cyclic esters (lactones) is 1. The van der Waals surface area contributed by atoms with Crippen molar-refractivity contribution in [1.82, 2.24) is 5.43 Å². The average molecular weight is 243 g/mol. The van der Waals surface area contributed by atoms with Crippen LogP contribution < -0.4 is 11.2 Å². The molecule has 5 nitrogen and oxygen atoms in total. The summed E-state index contributed by atoms with van der Waals surface area (Å²) in [6, 6.07) is 0. The smallest absolute Gasteiger partial charge is 0.310 e. The minimum absolute atomic E-state index is 0.119. The van der Waals surface area contributed by atoms with E-state index in [-0.39, 0.29) is 22.6 Å². The Kier molecular flexibility index (Phi) is 3.85. The van der Waals surface area contributed by atoms with Crippen molar-refractivity contribution in [2.45, 2.75) is 39.2 Å². The van der Waals surface area contributed by atoms with Crippen LogP contribution in [0.3, 0.4) is 0 Å². The highest BCUT2D eigenvalue weighted by Gasteiger charge is 2.39. The van der Waals surface area contributed by atoms with Gasteiger partial charge in [-0.05, 0) is 33.0 Å². The van der Waals surface area contributed by atoms with Gasteiger partial charge in [-0.3, -0.25) is 10.2 Å². The van der Waals surface area contributed by atoms with Crippen molar-refractivity contribution >= 4 is 29.0 Å². The summed E-state index contributed by atoms with van der Waals surface area (Å²) in [7, 11) is 0. The quantitative estimate of drug-likeness (QED) is 0.334. The van der Waals surface area contributed by atoms with E-state index >= 15 is 0 Å². The lowest BCUT2D eigenvalue weighted by Crippen LogP contribution is -2.25. The van der Waals surface area contributed by atoms with Crippen molar-refractivity contribution < 1.29 is 9.53 Å². The van der Waals surface area contributed by atoms with Gasteiger partial charge < -0.3 is 10.5 Å². The Bertz CT molecular complexity index is 339. The fourth-order valence-corrected chi connectivity index (χ4v) is 1.83. The molecular weight excluding hydrogens is 226 g/mol. The maximum absolute atomic E-state index is 11.5. The van der Waals surface area contributed by atoms with Crippen molar-refractivity contribution in [1.29, 1.82) is 0 Å². The lowest BCUT2D eigenvalue weighted by molar-refractivity contribution is -0.148. The molecule has 1 fully saturated rings. The van der Waals surface area contributed by atoms with Crippen LogP contribution in [0.4, 0.5) is 0 Å². The van der Waals surface area contributed by atoms with Gasteiger partial charge in [0.05, 0.1) is 5.92 Å². The van der Waals surface area contributed by atoms with Gasteiger partial charge in [0.1, 0.15) is 5.60 Å². The number of carbonyl (C=O) groups excluding carboxylic acids is 1. The molecule has 1 aliphatic rings. The Morgan fingerprint density at radius 3 is 2.81 bits per heavy atom. The zero-order valence-electron chi connectivity index (χ0n) is 9.74. The van der Waals surface area contributed by atoms with E-state index in [9.17, 15) is 4.79 Å². The van der Waals surface area contributed by atoms with Gasteiger partial charge in [0.2, 0.25) is 0 Å². The number of hydrogen-bond acceptors (Lipinski definition) is 4. The van der Waals surface area contributed by atoms with Crippen LogP contribution in [-0.2, 0) is 9.53 Å². The van der Waals surface area contributed by atoms with Crippen LogP contribution in [0.5, 0.6) is 0 Å². The topological polar surface area (TPSA) is 76.7 Å². The second-order valence-corrected chi connectivity index (χ2v) is 5.05.